The Bertz CT molecular complexity index is 854. The predicted molar refractivity (Wildman–Crippen MR) is 116 cm³/mol. The highest BCUT2D eigenvalue weighted by atomic mass is 35.5. The second kappa shape index (κ2) is 8.86. The molecule has 2 aromatic carbocycles. The molecule has 1 aliphatic heterocycles. The zero-order chi connectivity index (χ0) is 18.9. The second-order valence-corrected chi connectivity index (χ2v) is 8.08. The van der Waals surface area contributed by atoms with Crippen molar-refractivity contribution in [2.75, 3.05) is 20.2 Å². The molecule has 0 amide bonds. The summed E-state index contributed by atoms with van der Waals surface area (Å²) in [6.45, 7) is 1.86. The van der Waals surface area contributed by atoms with Crippen LogP contribution in [0, 0.1) is 0 Å². The largest absolute Gasteiger partial charge is 0.497 e. The number of piperidine rings is 1. The number of ether oxygens (including phenoxy) is 1. The number of likely N-dealkylation sites (tertiary alicyclic amines) is 1. The number of benzene rings is 2. The number of nitrogens with zero attached hydrogens (tertiary/aromatic N) is 1. The molecule has 0 N–H and O–H groups in total. The van der Waals surface area contributed by atoms with Crippen molar-refractivity contribution in [2.24, 2.45) is 0 Å². The summed E-state index contributed by atoms with van der Waals surface area (Å²) >= 11 is 6.35. The van der Waals surface area contributed by atoms with Crippen LogP contribution < -0.4 is 4.74 Å². The summed E-state index contributed by atoms with van der Waals surface area (Å²) in [5.74, 6) is 1.13. The Morgan fingerprint density at radius 3 is 2.75 bits per heavy atom. The topological polar surface area (TPSA) is 29.5 Å². The van der Waals surface area contributed by atoms with Crippen LogP contribution >= 0.6 is 24.0 Å². The van der Waals surface area contributed by atoms with Gasteiger partial charge in [-0.05, 0) is 80.5 Å². The zero-order valence-electron chi connectivity index (χ0n) is 16.2. The number of methoxy groups -OCH3 is 1. The minimum absolute atomic E-state index is 0. The van der Waals surface area contributed by atoms with Crippen LogP contribution in [0.4, 0.5) is 0 Å². The number of halogens is 2. The molecule has 1 fully saturated rings. The smallest absolute Gasteiger partial charge is 0.183 e. The molecule has 4 rings (SSSR count). The van der Waals surface area contributed by atoms with Crippen LogP contribution in [-0.2, 0) is 12.8 Å². The van der Waals surface area contributed by atoms with E-state index in [9.17, 15) is 4.79 Å². The minimum atomic E-state index is -0.346. The molecule has 1 spiro atoms. The molecular formula is C23H27Cl2NO2. The fourth-order valence-electron chi connectivity index (χ4n) is 4.75. The standard InChI is InChI=1S/C23H26ClNO2.ClH/c1-27-19-8-9-20-18(16-19)10-13-23(22(20)26)12-4-5-14-25(23)15-11-17-6-2-3-7-21(17)24;/h2-3,6-9,16H,4-5,10-15H2,1H3;1H. The van der Waals surface area contributed by atoms with Gasteiger partial charge in [0.1, 0.15) is 5.75 Å². The van der Waals surface area contributed by atoms with E-state index < -0.39 is 0 Å². The number of ketones is 1. The number of fused-ring (bicyclic) bond motifs is 1. The number of carbonyl (C=O) groups excluding carboxylic acids is 1. The van der Waals surface area contributed by atoms with Crippen LogP contribution in [0.1, 0.15) is 47.2 Å². The normalized spacial score (nSPS) is 21.9. The van der Waals surface area contributed by atoms with E-state index >= 15 is 0 Å². The molecule has 0 aromatic heterocycles. The monoisotopic (exact) mass is 419 g/mol. The number of hydrogen-bond donors (Lipinski definition) is 0. The first-order valence-electron chi connectivity index (χ1n) is 9.84. The van der Waals surface area contributed by atoms with E-state index in [2.05, 4.69) is 11.0 Å². The number of carbonyl (C=O) groups is 1. The van der Waals surface area contributed by atoms with Gasteiger partial charge in [-0.3, -0.25) is 9.69 Å². The van der Waals surface area contributed by atoms with Gasteiger partial charge in [-0.25, -0.2) is 0 Å². The Kier molecular flexibility index (Phi) is 6.69. The fourth-order valence-corrected chi connectivity index (χ4v) is 4.98. The molecule has 1 saturated heterocycles. The van der Waals surface area contributed by atoms with Gasteiger partial charge in [0.25, 0.3) is 0 Å². The SMILES string of the molecule is COc1ccc2c(c1)CCC1(CCCCN1CCc1ccccc1Cl)C2=O.Cl. The Hall–Kier alpha value is -1.55. The third-order valence-electron chi connectivity index (χ3n) is 6.27. The Morgan fingerprint density at radius 2 is 1.96 bits per heavy atom. The highest BCUT2D eigenvalue weighted by Gasteiger charge is 2.47. The molecule has 1 unspecified atom stereocenters. The molecule has 0 radical (unpaired) electrons. The summed E-state index contributed by atoms with van der Waals surface area (Å²) in [7, 11) is 1.67. The van der Waals surface area contributed by atoms with Crippen molar-refractivity contribution in [2.45, 2.75) is 44.1 Å². The van der Waals surface area contributed by atoms with E-state index in [1.165, 1.54) is 0 Å². The summed E-state index contributed by atoms with van der Waals surface area (Å²) < 4.78 is 5.34. The molecule has 5 heteroatoms. The molecule has 3 nitrogen and oxygen atoms in total. The summed E-state index contributed by atoms with van der Waals surface area (Å²) in [6.07, 6.45) is 5.95. The van der Waals surface area contributed by atoms with E-state index in [0.29, 0.717) is 5.78 Å². The number of aryl methyl sites for hydroxylation is 1. The van der Waals surface area contributed by atoms with Crippen molar-refractivity contribution >= 4 is 29.8 Å². The maximum Gasteiger partial charge on any atom is 0.183 e. The van der Waals surface area contributed by atoms with Gasteiger partial charge in [0.2, 0.25) is 0 Å². The molecule has 0 saturated carbocycles. The van der Waals surface area contributed by atoms with Crippen molar-refractivity contribution in [3.63, 3.8) is 0 Å². The molecular weight excluding hydrogens is 393 g/mol. The summed E-state index contributed by atoms with van der Waals surface area (Å²) in [6, 6.07) is 13.9. The fraction of sp³-hybridized carbons (Fsp3) is 0.435. The molecule has 1 heterocycles. The van der Waals surface area contributed by atoms with Gasteiger partial charge >= 0.3 is 0 Å². The molecule has 28 heavy (non-hydrogen) atoms. The Labute approximate surface area is 178 Å². The molecule has 2 aromatic rings. The first kappa shape index (κ1) is 21.2. The van der Waals surface area contributed by atoms with E-state index in [-0.39, 0.29) is 17.9 Å². The van der Waals surface area contributed by atoms with Gasteiger partial charge in [0.05, 0.1) is 12.6 Å². The lowest BCUT2D eigenvalue weighted by Gasteiger charge is -2.48. The maximum absolute atomic E-state index is 13.6. The molecule has 1 atom stereocenters. The highest BCUT2D eigenvalue weighted by Crippen LogP contribution is 2.40. The average molecular weight is 420 g/mol. The highest BCUT2D eigenvalue weighted by molar-refractivity contribution is 6.31. The van der Waals surface area contributed by atoms with Gasteiger partial charge in [-0.2, -0.15) is 0 Å². The Balaban J connectivity index is 0.00000225. The van der Waals surface area contributed by atoms with E-state index in [1.807, 2.05) is 36.4 Å². The lowest BCUT2D eigenvalue weighted by Crippen LogP contribution is -2.59. The molecule has 0 bridgehead atoms. The van der Waals surface area contributed by atoms with Crippen molar-refractivity contribution in [1.29, 1.82) is 0 Å². The minimum Gasteiger partial charge on any atom is -0.497 e. The quantitative estimate of drug-likeness (QED) is 0.666. The Morgan fingerprint density at radius 1 is 1.14 bits per heavy atom. The van der Waals surface area contributed by atoms with Crippen LogP contribution in [-0.4, -0.2) is 36.4 Å². The van der Waals surface area contributed by atoms with Gasteiger partial charge in [0.15, 0.2) is 5.78 Å². The third kappa shape index (κ3) is 3.80. The lowest BCUT2D eigenvalue weighted by atomic mass is 9.71. The van der Waals surface area contributed by atoms with Crippen LogP contribution in [0.25, 0.3) is 0 Å². The number of rotatable bonds is 4. The first-order chi connectivity index (χ1) is 13.1. The summed E-state index contributed by atoms with van der Waals surface area (Å²) in [5.41, 5.74) is 2.82. The van der Waals surface area contributed by atoms with E-state index in [0.717, 1.165) is 79.1 Å². The lowest BCUT2D eigenvalue weighted by molar-refractivity contribution is 0.0298. The maximum atomic E-state index is 13.6. The zero-order valence-corrected chi connectivity index (χ0v) is 17.8. The average Bonchev–Trinajstić information content (AvgIpc) is 2.71. The van der Waals surface area contributed by atoms with Crippen molar-refractivity contribution in [3.05, 3.63) is 64.2 Å². The van der Waals surface area contributed by atoms with Crippen LogP contribution in [0.2, 0.25) is 5.02 Å². The van der Waals surface area contributed by atoms with E-state index in [1.54, 1.807) is 7.11 Å². The van der Waals surface area contributed by atoms with Crippen LogP contribution in [0.15, 0.2) is 42.5 Å². The summed E-state index contributed by atoms with van der Waals surface area (Å²) in [5, 5.41) is 0.816. The van der Waals surface area contributed by atoms with Gasteiger partial charge < -0.3 is 4.74 Å². The molecule has 2 aliphatic rings. The first-order valence-corrected chi connectivity index (χ1v) is 10.2. The summed E-state index contributed by atoms with van der Waals surface area (Å²) in [4.78, 5) is 16.0. The molecule has 1 aliphatic carbocycles. The van der Waals surface area contributed by atoms with Gasteiger partial charge in [-0.15, -0.1) is 12.4 Å². The van der Waals surface area contributed by atoms with Crippen molar-refractivity contribution < 1.29 is 9.53 Å². The van der Waals surface area contributed by atoms with Gasteiger partial charge in [-0.1, -0.05) is 29.8 Å². The van der Waals surface area contributed by atoms with E-state index in [4.69, 9.17) is 16.3 Å². The van der Waals surface area contributed by atoms with Crippen LogP contribution in [0.5, 0.6) is 5.75 Å². The third-order valence-corrected chi connectivity index (χ3v) is 6.64. The second-order valence-electron chi connectivity index (χ2n) is 7.67. The van der Waals surface area contributed by atoms with Gasteiger partial charge in [0, 0.05) is 17.1 Å². The number of Topliss-reactive ketones (excluding diaryl/α,β-unsaturated/α-hetero) is 1. The number of hydrogen-bond acceptors (Lipinski definition) is 3. The van der Waals surface area contributed by atoms with Crippen molar-refractivity contribution in [1.82, 2.24) is 4.90 Å². The molecule has 150 valence electrons. The van der Waals surface area contributed by atoms with Crippen molar-refractivity contribution in [3.8, 4) is 5.75 Å². The predicted octanol–water partition coefficient (Wildman–Crippen LogP) is 5.37. The van der Waals surface area contributed by atoms with Crippen LogP contribution in [0.3, 0.4) is 0 Å².